The molecule has 1 aliphatic rings. The normalized spacial score (nSPS) is 17.7. The van der Waals surface area contributed by atoms with Gasteiger partial charge in [0.15, 0.2) is 0 Å². The lowest BCUT2D eigenvalue weighted by molar-refractivity contribution is -0.139. The van der Waals surface area contributed by atoms with Crippen LogP contribution in [-0.2, 0) is 19.6 Å². The quantitative estimate of drug-likeness (QED) is 0.525. The van der Waals surface area contributed by atoms with E-state index in [-0.39, 0.29) is 29.6 Å². The van der Waals surface area contributed by atoms with Crippen LogP contribution in [0.5, 0.6) is 0 Å². The number of halogens is 1. The summed E-state index contributed by atoms with van der Waals surface area (Å²) in [6.07, 6.45) is 4.14. The average Bonchev–Trinajstić information content (AvgIpc) is 2.68. The Hall–Kier alpha value is -2.26. The largest absolute Gasteiger partial charge is 0.348 e. The van der Waals surface area contributed by atoms with Gasteiger partial charge < -0.3 is 10.6 Å². The summed E-state index contributed by atoms with van der Waals surface area (Å²) in [7, 11) is -3.77. The van der Waals surface area contributed by atoms with Crippen LogP contribution in [0, 0.1) is 12.7 Å². The molecule has 9 heteroatoms. The highest BCUT2D eigenvalue weighted by Crippen LogP contribution is 2.27. The number of benzene rings is 1. The third-order valence-electron chi connectivity index (χ3n) is 4.69. The van der Waals surface area contributed by atoms with Gasteiger partial charge in [-0.2, -0.15) is 4.31 Å². The van der Waals surface area contributed by atoms with Gasteiger partial charge in [0.1, 0.15) is 5.82 Å². The second-order valence-electron chi connectivity index (χ2n) is 6.72. The van der Waals surface area contributed by atoms with Crippen LogP contribution < -0.4 is 10.6 Å². The van der Waals surface area contributed by atoms with Crippen molar-refractivity contribution in [2.24, 2.45) is 0 Å². The highest BCUT2D eigenvalue weighted by Gasteiger charge is 2.33. The molecule has 1 fully saturated rings. The fourth-order valence-electron chi connectivity index (χ4n) is 3.17. The summed E-state index contributed by atoms with van der Waals surface area (Å²) in [6.45, 7) is 5.72. The smallest absolute Gasteiger partial charge is 0.309 e. The van der Waals surface area contributed by atoms with Gasteiger partial charge in [0.25, 0.3) is 0 Å². The maximum Gasteiger partial charge on any atom is 0.309 e. The Morgan fingerprint density at radius 1 is 1.29 bits per heavy atom. The predicted octanol–water partition coefficient (Wildman–Crippen LogP) is 1.49. The molecule has 0 aliphatic carbocycles. The van der Waals surface area contributed by atoms with Gasteiger partial charge in [0.05, 0.1) is 4.90 Å². The maximum atomic E-state index is 13.5. The molecule has 1 aromatic carbocycles. The molecule has 0 bridgehead atoms. The van der Waals surface area contributed by atoms with Gasteiger partial charge in [0, 0.05) is 25.7 Å². The summed E-state index contributed by atoms with van der Waals surface area (Å²) in [5.74, 6) is -1.97. The van der Waals surface area contributed by atoms with Crippen molar-refractivity contribution in [3.63, 3.8) is 0 Å². The molecule has 0 spiro atoms. The van der Waals surface area contributed by atoms with Gasteiger partial charge >= 0.3 is 11.8 Å². The first-order valence-corrected chi connectivity index (χ1v) is 10.7. The van der Waals surface area contributed by atoms with Crippen molar-refractivity contribution in [1.82, 2.24) is 14.9 Å². The fraction of sp³-hybridized carbons (Fsp3) is 0.474. The van der Waals surface area contributed by atoms with Crippen LogP contribution in [-0.4, -0.2) is 50.2 Å². The van der Waals surface area contributed by atoms with E-state index in [9.17, 15) is 22.4 Å². The summed E-state index contributed by atoms with van der Waals surface area (Å²) in [5.41, 5.74) is 0.271. The summed E-state index contributed by atoms with van der Waals surface area (Å²) >= 11 is 0. The number of hydrogen-bond acceptors (Lipinski definition) is 4. The monoisotopic (exact) mass is 411 g/mol. The number of nitrogens with zero attached hydrogens (tertiary/aromatic N) is 1. The molecule has 1 heterocycles. The molecular weight excluding hydrogens is 385 g/mol. The van der Waals surface area contributed by atoms with Crippen molar-refractivity contribution >= 4 is 21.8 Å². The second kappa shape index (κ2) is 9.79. The standard InChI is InChI=1S/C19H26FN3O4S/c1-3-10-21-18(24)19(25)22-11-9-15-6-4-5-12-23(15)28(26,27)16-7-8-17(20)14(2)13-16/h3,7-8,13,15H,1,4-6,9-12H2,2H3,(H,21,24)(H,22,25)/t15-/m1/s1. The van der Waals surface area contributed by atoms with E-state index < -0.39 is 27.7 Å². The number of amides is 2. The van der Waals surface area contributed by atoms with E-state index in [1.807, 2.05) is 0 Å². The van der Waals surface area contributed by atoms with Gasteiger partial charge in [-0.15, -0.1) is 6.58 Å². The number of aryl methyl sites for hydroxylation is 1. The molecular formula is C19H26FN3O4S. The van der Waals surface area contributed by atoms with E-state index in [0.717, 1.165) is 18.9 Å². The fourth-order valence-corrected chi connectivity index (χ4v) is 4.98. The lowest BCUT2D eigenvalue weighted by atomic mass is 10.0. The zero-order valence-corrected chi connectivity index (χ0v) is 16.7. The number of carbonyl (C=O) groups excluding carboxylic acids is 2. The number of sulfonamides is 1. The Bertz CT molecular complexity index is 842. The van der Waals surface area contributed by atoms with Gasteiger partial charge in [0.2, 0.25) is 10.0 Å². The van der Waals surface area contributed by atoms with Crippen molar-refractivity contribution in [2.75, 3.05) is 19.6 Å². The van der Waals surface area contributed by atoms with E-state index in [4.69, 9.17) is 0 Å². The molecule has 1 aromatic rings. The van der Waals surface area contributed by atoms with Crippen LogP contribution >= 0.6 is 0 Å². The summed E-state index contributed by atoms with van der Waals surface area (Å²) in [5, 5.41) is 4.89. The maximum absolute atomic E-state index is 13.5. The van der Waals surface area contributed by atoms with Crippen LogP contribution in [0.4, 0.5) is 4.39 Å². The first kappa shape index (κ1) is 22.0. The molecule has 0 aromatic heterocycles. The molecule has 0 radical (unpaired) electrons. The van der Waals surface area contributed by atoms with Crippen LogP contribution in [0.25, 0.3) is 0 Å². The van der Waals surface area contributed by atoms with Crippen LogP contribution in [0.3, 0.4) is 0 Å². The topological polar surface area (TPSA) is 95.6 Å². The molecule has 1 saturated heterocycles. The minimum Gasteiger partial charge on any atom is -0.348 e. The van der Waals surface area contributed by atoms with Gasteiger partial charge in [-0.3, -0.25) is 9.59 Å². The summed E-state index contributed by atoms with van der Waals surface area (Å²) < 4.78 is 41.0. The molecule has 154 valence electrons. The van der Waals surface area contributed by atoms with Crippen molar-refractivity contribution in [2.45, 2.75) is 43.5 Å². The first-order valence-electron chi connectivity index (χ1n) is 9.22. The van der Waals surface area contributed by atoms with Crippen molar-refractivity contribution in [3.05, 3.63) is 42.2 Å². The molecule has 0 unspecified atom stereocenters. The lowest BCUT2D eigenvalue weighted by Crippen LogP contribution is -2.46. The van der Waals surface area contributed by atoms with Crippen molar-refractivity contribution in [1.29, 1.82) is 0 Å². The SMILES string of the molecule is C=CCNC(=O)C(=O)NCC[C@H]1CCCCN1S(=O)(=O)c1ccc(F)c(C)c1. The Morgan fingerprint density at radius 3 is 2.68 bits per heavy atom. The third kappa shape index (κ3) is 5.39. The van der Waals surface area contributed by atoms with E-state index in [2.05, 4.69) is 17.2 Å². The second-order valence-corrected chi connectivity index (χ2v) is 8.61. The number of carbonyl (C=O) groups is 2. The first-order chi connectivity index (χ1) is 13.3. The van der Waals surface area contributed by atoms with Gasteiger partial charge in [-0.1, -0.05) is 12.5 Å². The van der Waals surface area contributed by atoms with E-state index >= 15 is 0 Å². The minimum atomic E-state index is -3.77. The summed E-state index contributed by atoms with van der Waals surface area (Å²) in [4.78, 5) is 23.3. The molecule has 2 N–H and O–H groups in total. The van der Waals surface area contributed by atoms with Crippen LogP contribution in [0.1, 0.15) is 31.2 Å². The highest BCUT2D eigenvalue weighted by molar-refractivity contribution is 7.89. The Labute approximate surface area is 165 Å². The molecule has 1 atom stereocenters. The molecule has 7 nitrogen and oxygen atoms in total. The van der Waals surface area contributed by atoms with E-state index in [1.54, 1.807) is 0 Å². The van der Waals surface area contributed by atoms with Crippen molar-refractivity contribution in [3.8, 4) is 0 Å². The molecule has 1 aliphatic heterocycles. The zero-order chi connectivity index (χ0) is 20.7. The highest BCUT2D eigenvalue weighted by atomic mass is 32.2. The minimum absolute atomic E-state index is 0.0612. The summed E-state index contributed by atoms with van der Waals surface area (Å²) in [6, 6.07) is 3.47. The molecule has 0 saturated carbocycles. The predicted molar refractivity (Wildman–Crippen MR) is 104 cm³/mol. The third-order valence-corrected chi connectivity index (χ3v) is 6.63. The van der Waals surface area contributed by atoms with E-state index in [0.29, 0.717) is 19.4 Å². The van der Waals surface area contributed by atoms with Gasteiger partial charge in [-0.05, 0) is 49.9 Å². The number of hydrogen-bond donors (Lipinski definition) is 2. The Morgan fingerprint density at radius 2 is 2.00 bits per heavy atom. The number of nitrogens with one attached hydrogen (secondary N) is 2. The average molecular weight is 411 g/mol. The number of piperidine rings is 1. The van der Waals surface area contributed by atoms with Crippen molar-refractivity contribution < 1.29 is 22.4 Å². The van der Waals surface area contributed by atoms with Crippen LogP contribution in [0.15, 0.2) is 35.7 Å². The molecule has 2 amide bonds. The lowest BCUT2D eigenvalue weighted by Gasteiger charge is -2.34. The number of rotatable bonds is 7. The van der Waals surface area contributed by atoms with Crippen LogP contribution in [0.2, 0.25) is 0 Å². The Kier molecular flexibility index (Phi) is 7.70. The Balaban J connectivity index is 2.03. The zero-order valence-electron chi connectivity index (χ0n) is 15.9. The molecule has 28 heavy (non-hydrogen) atoms. The van der Waals surface area contributed by atoms with Gasteiger partial charge in [-0.25, -0.2) is 12.8 Å². The van der Waals surface area contributed by atoms with E-state index in [1.165, 1.54) is 29.4 Å². The molecule has 2 rings (SSSR count).